The van der Waals surface area contributed by atoms with Crippen molar-refractivity contribution in [3.63, 3.8) is 0 Å². The summed E-state index contributed by atoms with van der Waals surface area (Å²) in [5.74, 6) is -0.213. The van der Waals surface area contributed by atoms with Crippen LogP contribution in [0.25, 0.3) is 16.7 Å². The summed E-state index contributed by atoms with van der Waals surface area (Å²) in [7, 11) is 0. The second-order valence-electron chi connectivity index (χ2n) is 6.23. The van der Waals surface area contributed by atoms with Gasteiger partial charge in [-0.25, -0.2) is 9.67 Å². The van der Waals surface area contributed by atoms with E-state index in [0.29, 0.717) is 10.7 Å². The molecular formula is C19H11BrClF3N4O2. The summed E-state index contributed by atoms with van der Waals surface area (Å²) in [6.07, 6.45) is -3.57. The molecule has 0 saturated heterocycles. The van der Waals surface area contributed by atoms with E-state index in [-0.39, 0.29) is 34.6 Å². The zero-order valence-corrected chi connectivity index (χ0v) is 17.2. The van der Waals surface area contributed by atoms with Crippen LogP contribution in [0.1, 0.15) is 11.4 Å². The van der Waals surface area contributed by atoms with Gasteiger partial charge in [0.1, 0.15) is 17.0 Å². The van der Waals surface area contributed by atoms with Crippen LogP contribution < -0.4 is 10.3 Å². The van der Waals surface area contributed by atoms with Crippen molar-refractivity contribution in [3.8, 4) is 11.4 Å². The van der Waals surface area contributed by atoms with E-state index in [4.69, 9.17) is 11.6 Å². The maximum absolute atomic E-state index is 12.7. The SMILES string of the molecule is O=c1[nH]c(Cc2ccccc2OC(F)(F)F)nc2c1cnn2-c1cc(Br)ccc1Cl. The van der Waals surface area contributed by atoms with Gasteiger partial charge in [0.05, 0.1) is 16.9 Å². The normalized spacial score (nSPS) is 11.8. The molecule has 30 heavy (non-hydrogen) atoms. The van der Waals surface area contributed by atoms with Gasteiger partial charge in [-0.1, -0.05) is 45.7 Å². The molecule has 11 heteroatoms. The number of alkyl halides is 3. The van der Waals surface area contributed by atoms with Crippen LogP contribution in [-0.4, -0.2) is 26.1 Å². The number of ether oxygens (including phenoxy) is 1. The number of halogens is 5. The lowest BCUT2D eigenvalue weighted by Gasteiger charge is -2.13. The number of hydrogen-bond acceptors (Lipinski definition) is 4. The maximum Gasteiger partial charge on any atom is 0.573 e. The van der Waals surface area contributed by atoms with Crippen LogP contribution in [0.15, 0.2) is 57.9 Å². The molecule has 2 heterocycles. The standard InChI is InChI=1S/C19H11BrClF3N4O2/c20-11-5-6-13(21)14(8-11)28-17-12(9-25-28)18(29)27-16(26-17)7-10-3-1-2-4-15(10)30-19(22,23)24/h1-6,8-9H,7H2,(H,26,27,29). The van der Waals surface area contributed by atoms with Gasteiger partial charge in [-0.3, -0.25) is 4.79 Å². The fraction of sp³-hybridized carbons (Fsp3) is 0.105. The number of hydrogen-bond donors (Lipinski definition) is 1. The molecule has 0 aliphatic carbocycles. The van der Waals surface area contributed by atoms with Crippen molar-refractivity contribution >= 4 is 38.6 Å². The van der Waals surface area contributed by atoms with Crippen molar-refractivity contribution in [2.24, 2.45) is 0 Å². The van der Waals surface area contributed by atoms with Crippen LogP contribution in [0.2, 0.25) is 5.02 Å². The summed E-state index contributed by atoms with van der Waals surface area (Å²) in [6.45, 7) is 0. The van der Waals surface area contributed by atoms with Crippen molar-refractivity contribution in [1.82, 2.24) is 19.7 Å². The van der Waals surface area contributed by atoms with Crippen LogP contribution >= 0.6 is 27.5 Å². The fourth-order valence-electron chi connectivity index (χ4n) is 2.93. The Morgan fingerprint density at radius 3 is 2.73 bits per heavy atom. The molecule has 0 radical (unpaired) electrons. The molecule has 0 fully saturated rings. The number of para-hydroxylation sites is 1. The Hall–Kier alpha value is -2.85. The molecule has 154 valence electrons. The van der Waals surface area contributed by atoms with Gasteiger partial charge in [0, 0.05) is 16.5 Å². The average Bonchev–Trinajstić information content (AvgIpc) is 3.08. The van der Waals surface area contributed by atoms with Gasteiger partial charge in [-0.15, -0.1) is 13.2 Å². The van der Waals surface area contributed by atoms with Gasteiger partial charge in [-0.05, 0) is 24.3 Å². The first kappa shape index (κ1) is 20.4. The highest BCUT2D eigenvalue weighted by molar-refractivity contribution is 9.10. The van der Waals surface area contributed by atoms with Crippen LogP contribution in [0.3, 0.4) is 0 Å². The molecule has 0 bridgehead atoms. The molecule has 0 unspecified atom stereocenters. The van der Waals surface area contributed by atoms with E-state index in [1.165, 1.54) is 29.1 Å². The fourth-order valence-corrected chi connectivity index (χ4v) is 3.47. The van der Waals surface area contributed by atoms with Gasteiger partial charge in [0.25, 0.3) is 5.56 Å². The Kier molecular flexibility index (Phi) is 5.29. The van der Waals surface area contributed by atoms with E-state index in [0.717, 1.165) is 4.47 Å². The summed E-state index contributed by atoms with van der Waals surface area (Å²) < 4.78 is 44.3. The molecule has 6 nitrogen and oxygen atoms in total. The number of aromatic nitrogens is 4. The number of rotatable bonds is 4. The summed E-state index contributed by atoms with van der Waals surface area (Å²) >= 11 is 9.62. The molecule has 2 aromatic heterocycles. The Labute approximate surface area is 180 Å². The van der Waals surface area contributed by atoms with Crippen LogP contribution in [0.5, 0.6) is 5.75 Å². The Balaban J connectivity index is 1.79. The molecule has 0 saturated carbocycles. The predicted octanol–water partition coefficient (Wildman–Crippen LogP) is 5.01. The van der Waals surface area contributed by atoms with Gasteiger partial charge in [0.15, 0.2) is 5.65 Å². The number of fused-ring (bicyclic) bond motifs is 1. The van der Waals surface area contributed by atoms with E-state index < -0.39 is 11.9 Å². The zero-order chi connectivity index (χ0) is 21.5. The summed E-state index contributed by atoms with van der Waals surface area (Å²) in [5.41, 5.74) is 0.458. The third-order valence-corrected chi connectivity index (χ3v) is 4.99. The molecule has 2 aromatic carbocycles. The molecule has 1 N–H and O–H groups in total. The monoisotopic (exact) mass is 498 g/mol. The van der Waals surface area contributed by atoms with Gasteiger partial charge >= 0.3 is 6.36 Å². The highest BCUT2D eigenvalue weighted by atomic mass is 79.9. The second kappa shape index (κ2) is 7.77. The first-order valence-electron chi connectivity index (χ1n) is 8.47. The highest BCUT2D eigenvalue weighted by Crippen LogP contribution is 2.28. The third kappa shape index (κ3) is 4.19. The first-order chi connectivity index (χ1) is 14.2. The minimum atomic E-state index is -4.84. The molecular weight excluding hydrogens is 489 g/mol. The lowest BCUT2D eigenvalue weighted by molar-refractivity contribution is -0.274. The smallest absolute Gasteiger partial charge is 0.405 e. The number of nitrogens with one attached hydrogen (secondary N) is 1. The minimum Gasteiger partial charge on any atom is -0.405 e. The quantitative estimate of drug-likeness (QED) is 0.428. The summed E-state index contributed by atoms with van der Waals surface area (Å²) in [6, 6.07) is 10.8. The van der Waals surface area contributed by atoms with Crippen LogP contribution in [0, 0.1) is 0 Å². The molecule has 0 atom stereocenters. The van der Waals surface area contributed by atoms with Crippen molar-refractivity contribution in [2.45, 2.75) is 12.8 Å². The summed E-state index contributed by atoms with van der Waals surface area (Å²) in [5, 5.41) is 4.80. The van der Waals surface area contributed by atoms with Gasteiger partial charge in [-0.2, -0.15) is 5.10 Å². The van der Waals surface area contributed by atoms with Gasteiger partial charge < -0.3 is 9.72 Å². The maximum atomic E-state index is 12.7. The molecule has 0 aliphatic rings. The predicted molar refractivity (Wildman–Crippen MR) is 108 cm³/mol. The Morgan fingerprint density at radius 2 is 1.97 bits per heavy atom. The largest absolute Gasteiger partial charge is 0.573 e. The van der Waals surface area contributed by atoms with Crippen LogP contribution in [-0.2, 0) is 6.42 Å². The van der Waals surface area contributed by atoms with Crippen LogP contribution in [0.4, 0.5) is 13.2 Å². The Morgan fingerprint density at radius 1 is 1.20 bits per heavy atom. The molecule has 0 spiro atoms. The molecule has 4 aromatic rings. The van der Waals surface area contributed by atoms with Crippen molar-refractivity contribution in [2.75, 3.05) is 0 Å². The number of H-pyrrole nitrogens is 1. The van der Waals surface area contributed by atoms with E-state index in [1.807, 2.05) is 0 Å². The first-order valence-corrected chi connectivity index (χ1v) is 9.64. The molecule has 0 amide bonds. The van der Waals surface area contributed by atoms with Crippen molar-refractivity contribution in [1.29, 1.82) is 0 Å². The third-order valence-electron chi connectivity index (χ3n) is 4.18. The molecule has 0 aliphatic heterocycles. The lowest BCUT2D eigenvalue weighted by atomic mass is 10.1. The Bertz CT molecular complexity index is 1300. The summed E-state index contributed by atoms with van der Waals surface area (Å²) in [4.78, 5) is 19.5. The van der Waals surface area contributed by atoms with E-state index in [9.17, 15) is 18.0 Å². The van der Waals surface area contributed by atoms with Crippen molar-refractivity contribution in [3.05, 3.63) is 79.9 Å². The number of benzene rings is 2. The topological polar surface area (TPSA) is 72.8 Å². The minimum absolute atomic E-state index is 0.0885. The highest BCUT2D eigenvalue weighted by Gasteiger charge is 2.32. The number of nitrogens with zero attached hydrogens (tertiary/aromatic N) is 3. The van der Waals surface area contributed by atoms with E-state index in [2.05, 4.69) is 35.7 Å². The van der Waals surface area contributed by atoms with E-state index >= 15 is 0 Å². The van der Waals surface area contributed by atoms with Crippen molar-refractivity contribution < 1.29 is 17.9 Å². The second-order valence-corrected chi connectivity index (χ2v) is 7.56. The zero-order valence-electron chi connectivity index (χ0n) is 14.9. The molecule has 4 rings (SSSR count). The lowest BCUT2D eigenvalue weighted by Crippen LogP contribution is -2.18. The number of aromatic amines is 1. The van der Waals surface area contributed by atoms with Gasteiger partial charge in [0.2, 0.25) is 0 Å². The average molecular weight is 500 g/mol. The van der Waals surface area contributed by atoms with E-state index in [1.54, 1.807) is 24.3 Å².